The highest BCUT2D eigenvalue weighted by atomic mass is 19.1. The van der Waals surface area contributed by atoms with Crippen molar-refractivity contribution in [3.63, 3.8) is 0 Å². The van der Waals surface area contributed by atoms with Crippen molar-refractivity contribution in [2.24, 2.45) is 0 Å². The van der Waals surface area contributed by atoms with E-state index >= 15 is 4.39 Å². The molecule has 6 heterocycles. The monoisotopic (exact) mass is 631 g/mol. The van der Waals surface area contributed by atoms with Gasteiger partial charge < -0.3 is 24.2 Å². The molecule has 0 radical (unpaired) electrons. The van der Waals surface area contributed by atoms with Crippen LogP contribution in [0.3, 0.4) is 0 Å². The van der Waals surface area contributed by atoms with Gasteiger partial charge in [0.1, 0.15) is 53.4 Å². The van der Waals surface area contributed by atoms with E-state index in [4.69, 9.17) is 25.6 Å². The van der Waals surface area contributed by atoms with E-state index in [1.165, 1.54) is 24.3 Å². The maximum atomic E-state index is 17.0. The first kappa shape index (κ1) is 29.1. The number of ether oxygens (including phenoxy) is 3. The van der Waals surface area contributed by atoms with Gasteiger partial charge in [0.2, 0.25) is 5.88 Å². The fraction of sp³-hybridized carbons (Fsp3) is 0.441. The van der Waals surface area contributed by atoms with E-state index in [9.17, 15) is 13.9 Å². The summed E-state index contributed by atoms with van der Waals surface area (Å²) in [7, 11) is 0. The van der Waals surface area contributed by atoms with Crippen LogP contribution in [0.25, 0.3) is 32.9 Å². The van der Waals surface area contributed by atoms with Crippen molar-refractivity contribution < 1.29 is 32.5 Å². The predicted molar refractivity (Wildman–Crippen MR) is 165 cm³/mol. The van der Waals surface area contributed by atoms with Crippen LogP contribution in [0, 0.1) is 24.0 Å². The minimum Gasteiger partial charge on any atom is -0.508 e. The van der Waals surface area contributed by atoms with Crippen molar-refractivity contribution in [3.8, 4) is 41.2 Å². The highest BCUT2D eigenvalue weighted by molar-refractivity contribution is 6.04. The number of halogens is 3. The zero-order valence-corrected chi connectivity index (χ0v) is 25.2. The third-order valence-electron chi connectivity index (χ3n) is 9.87. The van der Waals surface area contributed by atoms with Crippen LogP contribution in [0.5, 0.6) is 17.6 Å². The lowest BCUT2D eigenvalue weighted by molar-refractivity contribution is 0.0583. The number of anilines is 1. The van der Waals surface area contributed by atoms with Crippen molar-refractivity contribution in [3.05, 3.63) is 41.5 Å². The molecule has 9 nitrogen and oxygen atoms in total. The first-order valence-corrected chi connectivity index (χ1v) is 15.6. The van der Waals surface area contributed by atoms with Gasteiger partial charge in [0.25, 0.3) is 0 Å². The lowest BCUT2D eigenvalue weighted by Crippen LogP contribution is -2.43. The Hall–Kier alpha value is -4.34. The van der Waals surface area contributed by atoms with Crippen molar-refractivity contribution in [2.75, 3.05) is 44.4 Å². The molecule has 4 atom stereocenters. The van der Waals surface area contributed by atoms with E-state index in [0.29, 0.717) is 43.7 Å². The Morgan fingerprint density at radius 1 is 1.15 bits per heavy atom. The van der Waals surface area contributed by atoms with E-state index in [1.54, 1.807) is 0 Å². The molecule has 0 unspecified atom stereocenters. The summed E-state index contributed by atoms with van der Waals surface area (Å²) in [6, 6.07) is 5.08. The van der Waals surface area contributed by atoms with Crippen LogP contribution >= 0.6 is 0 Å². The van der Waals surface area contributed by atoms with Gasteiger partial charge in [-0.1, -0.05) is 12.0 Å². The van der Waals surface area contributed by atoms with Crippen molar-refractivity contribution >= 4 is 27.5 Å². The summed E-state index contributed by atoms with van der Waals surface area (Å²) in [5.74, 6) is 1.17. The van der Waals surface area contributed by atoms with Gasteiger partial charge >= 0.3 is 6.01 Å². The summed E-state index contributed by atoms with van der Waals surface area (Å²) < 4.78 is 64.9. The summed E-state index contributed by atoms with van der Waals surface area (Å²) in [5.41, 5.74) is -0.798. The van der Waals surface area contributed by atoms with Crippen LogP contribution in [-0.2, 0) is 4.74 Å². The normalized spacial score (nSPS) is 25.9. The van der Waals surface area contributed by atoms with Gasteiger partial charge in [0.15, 0.2) is 5.82 Å². The number of nitrogens with zero attached hydrogens (tertiary/aromatic N) is 5. The number of fused-ring (bicyclic) bond motifs is 4. The molecule has 3 saturated heterocycles. The van der Waals surface area contributed by atoms with E-state index in [0.717, 1.165) is 19.4 Å². The molecule has 4 aliphatic rings. The van der Waals surface area contributed by atoms with Gasteiger partial charge in [-0.15, -0.1) is 6.42 Å². The van der Waals surface area contributed by atoms with Crippen molar-refractivity contribution in [1.29, 1.82) is 0 Å². The minimum atomic E-state index is -0.938. The highest BCUT2D eigenvalue weighted by Crippen LogP contribution is 2.44. The summed E-state index contributed by atoms with van der Waals surface area (Å²) in [4.78, 5) is 18.1. The molecule has 46 heavy (non-hydrogen) atoms. The Labute approximate surface area is 263 Å². The van der Waals surface area contributed by atoms with Crippen LogP contribution in [0.1, 0.15) is 38.2 Å². The number of phenols is 1. The van der Waals surface area contributed by atoms with E-state index in [1.807, 2.05) is 11.8 Å². The highest BCUT2D eigenvalue weighted by Gasteiger charge is 2.49. The van der Waals surface area contributed by atoms with Crippen LogP contribution in [0.2, 0.25) is 0 Å². The zero-order valence-electron chi connectivity index (χ0n) is 25.2. The van der Waals surface area contributed by atoms with E-state index in [2.05, 4.69) is 20.8 Å². The first-order chi connectivity index (χ1) is 22.2. The van der Waals surface area contributed by atoms with Gasteiger partial charge in [-0.25, -0.2) is 18.2 Å². The number of aromatic hydroxyl groups is 1. The molecule has 0 bridgehead atoms. The Morgan fingerprint density at radius 2 is 2.02 bits per heavy atom. The second-order valence-corrected chi connectivity index (χ2v) is 12.7. The Morgan fingerprint density at radius 3 is 2.87 bits per heavy atom. The molecule has 0 spiro atoms. The smallest absolute Gasteiger partial charge is 0.319 e. The van der Waals surface area contributed by atoms with Gasteiger partial charge in [-0.3, -0.25) is 4.90 Å². The SMILES string of the molecule is C#Cc1c(F)ccc2cc(O)cc(-c3nc4c5c(nc(OC[C@@]67CCCN6C[C@H](F)C7)nc5c3F)N3CC[C@@H](C)OC[C@H]3CO4)c12. The fourth-order valence-electron chi connectivity index (χ4n) is 7.60. The summed E-state index contributed by atoms with van der Waals surface area (Å²) in [6.07, 6.45) is 7.56. The maximum Gasteiger partial charge on any atom is 0.319 e. The number of aromatic nitrogens is 3. The molecular weight excluding hydrogens is 599 g/mol. The molecule has 8 rings (SSSR count). The van der Waals surface area contributed by atoms with Crippen LogP contribution in [0.15, 0.2) is 24.3 Å². The zero-order chi connectivity index (χ0) is 31.7. The molecule has 238 valence electrons. The Balaban J connectivity index is 1.33. The van der Waals surface area contributed by atoms with Crippen molar-refractivity contribution in [1.82, 2.24) is 19.9 Å². The van der Waals surface area contributed by atoms with Crippen LogP contribution in [0.4, 0.5) is 19.0 Å². The number of benzene rings is 2. The lowest BCUT2D eigenvalue weighted by atomic mass is 9.95. The average molecular weight is 632 g/mol. The number of phenolic OH excluding ortho intramolecular Hbond substituents is 1. The number of hydrogen-bond donors (Lipinski definition) is 1. The van der Waals surface area contributed by atoms with Gasteiger partial charge in [-0.2, -0.15) is 9.97 Å². The summed E-state index contributed by atoms with van der Waals surface area (Å²) in [5, 5.41) is 11.5. The summed E-state index contributed by atoms with van der Waals surface area (Å²) >= 11 is 0. The topological polar surface area (TPSA) is 93.1 Å². The Bertz CT molecular complexity index is 1940. The number of rotatable bonds is 4. The quantitative estimate of drug-likeness (QED) is 0.308. The second kappa shape index (κ2) is 10.9. The minimum absolute atomic E-state index is 0.00457. The molecule has 0 saturated carbocycles. The average Bonchev–Trinajstić information content (AvgIpc) is 3.43. The van der Waals surface area contributed by atoms with Gasteiger partial charge in [0, 0.05) is 30.5 Å². The second-order valence-electron chi connectivity index (χ2n) is 12.7. The molecule has 4 aromatic rings. The summed E-state index contributed by atoms with van der Waals surface area (Å²) in [6.45, 7) is 4.41. The maximum absolute atomic E-state index is 17.0. The van der Waals surface area contributed by atoms with Crippen molar-refractivity contribution in [2.45, 2.75) is 56.5 Å². The lowest BCUT2D eigenvalue weighted by Gasteiger charge is -2.31. The fourth-order valence-corrected chi connectivity index (χ4v) is 7.60. The molecule has 2 aromatic carbocycles. The molecule has 12 heteroatoms. The molecule has 4 aliphatic heterocycles. The third kappa shape index (κ3) is 4.59. The van der Waals surface area contributed by atoms with E-state index in [-0.39, 0.29) is 76.1 Å². The van der Waals surface area contributed by atoms with E-state index < -0.39 is 23.3 Å². The number of terminal acetylenes is 1. The largest absolute Gasteiger partial charge is 0.508 e. The van der Waals surface area contributed by atoms with Crippen LogP contribution < -0.4 is 14.4 Å². The first-order valence-electron chi connectivity index (χ1n) is 15.6. The molecule has 1 N–H and O–H groups in total. The Kier molecular flexibility index (Phi) is 6.88. The molecule has 3 fully saturated rings. The van der Waals surface area contributed by atoms with Gasteiger partial charge in [0.05, 0.1) is 29.9 Å². The number of hydrogen-bond acceptors (Lipinski definition) is 9. The number of pyridine rings is 1. The van der Waals surface area contributed by atoms with Gasteiger partial charge in [-0.05, 0) is 56.3 Å². The predicted octanol–water partition coefficient (Wildman–Crippen LogP) is 5.14. The van der Waals surface area contributed by atoms with Crippen LogP contribution in [-0.4, -0.2) is 88.3 Å². The molecule has 0 amide bonds. The molecular formula is C34H32F3N5O4. The number of alkyl halides is 1. The third-order valence-corrected chi connectivity index (χ3v) is 9.87. The molecule has 2 aromatic heterocycles. The standard InChI is InChI=1S/C34H32F3N5O4/c1-3-23-25(36)6-5-19-11-22(43)12-24(26(19)23)29-28(37)30-27-31(42-10-7-18(2)44-15-21(42)16-45-32(27)38-29)40-33(39-30)46-17-34-8-4-9-41(34)14-20(35)13-34/h1,5-6,11-12,18,20-21,43H,4,7-10,13-17H2,2H3/t18-,20-,21+,34+/m1/s1. The molecule has 0 aliphatic carbocycles.